The third-order valence-corrected chi connectivity index (χ3v) is 13.4. The predicted molar refractivity (Wildman–Crippen MR) is 169 cm³/mol. The van der Waals surface area contributed by atoms with Gasteiger partial charge in [-0.2, -0.15) is 0 Å². The van der Waals surface area contributed by atoms with E-state index in [-0.39, 0.29) is 29.1 Å². The SMILES string of the molecule is CN(CCc1ccccn1)C(=O)c1ccc(C[C@@H]2CC[C@H]([C@H](O[Si](C)(C)C(C)(C)C)c3ccccc3)N2C(=O)O)cc1. The first-order chi connectivity index (χ1) is 19.9. The highest BCUT2D eigenvalue weighted by Crippen LogP contribution is 2.44. The Hall–Kier alpha value is -3.49. The maximum Gasteiger partial charge on any atom is 0.407 e. The Morgan fingerprint density at radius 2 is 1.69 bits per heavy atom. The molecular formula is C34H45N3O4Si. The lowest BCUT2D eigenvalue weighted by Crippen LogP contribution is -2.49. The number of carbonyl (C=O) groups excluding carboxylic acids is 1. The third kappa shape index (κ3) is 7.47. The summed E-state index contributed by atoms with van der Waals surface area (Å²) in [4.78, 5) is 33.4. The molecule has 7 nitrogen and oxygen atoms in total. The fraction of sp³-hybridized carbons (Fsp3) is 0.441. The number of hydrogen-bond donors (Lipinski definition) is 1. The Kier molecular flexibility index (Phi) is 9.89. The number of rotatable bonds is 10. The van der Waals surface area contributed by atoms with E-state index >= 15 is 0 Å². The monoisotopic (exact) mass is 587 g/mol. The molecule has 42 heavy (non-hydrogen) atoms. The zero-order valence-electron chi connectivity index (χ0n) is 25.8. The van der Waals surface area contributed by atoms with Crippen LogP contribution in [0.4, 0.5) is 4.79 Å². The van der Waals surface area contributed by atoms with Crippen molar-refractivity contribution in [3.63, 3.8) is 0 Å². The van der Waals surface area contributed by atoms with Crippen molar-refractivity contribution in [2.45, 2.75) is 82.8 Å². The van der Waals surface area contributed by atoms with Crippen LogP contribution in [0.25, 0.3) is 0 Å². The molecule has 1 aromatic heterocycles. The molecule has 2 aromatic carbocycles. The van der Waals surface area contributed by atoms with Gasteiger partial charge in [0.15, 0.2) is 8.32 Å². The van der Waals surface area contributed by atoms with Gasteiger partial charge < -0.3 is 14.4 Å². The van der Waals surface area contributed by atoms with Crippen molar-refractivity contribution < 1.29 is 19.1 Å². The van der Waals surface area contributed by atoms with Crippen LogP contribution >= 0.6 is 0 Å². The van der Waals surface area contributed by atoms with Gasteiger partial charge in [-0.25, -0.2) is 4.79 Å². The van der Waals surface area contributed by atoms with Gasteiger partial charge in [0, 0.05) is 43.5 Å². The van der Waals surface area contributed by atoms with E-state index in [4.69, 9.17) is 4.43 Å². The third-order valence-electron chi connectivity index (χ3n) is 8.92. The molecule has 1 fully saturated rings. The number of pyridine rings is 1. The predicted octanol–water partition coefficient (Wildman–Crippen LogP) is 7.21. The average Bonchev–Trinajstić information content (AvgIpc) is 3.38. The van der Waals surface area contributed by atoms with Crippen LogP contribution in [0.5, 0.6) is 0 Å². The molecule has 0 spiro atoms. The number of likely N-dealkylation sites (tertiary alicyclic amines) is 1. The quantitative estimate of drug-likeness (QED) is 0.253. The zero-order chi connectivity index (χ0) is 30.5. The first kappa shape index (κ1) is 31.4. The van der Waals surface area contributed by atoms with Crippen LogP contribution in [0, 0.1) is 0 Å². The second-order valence-electron chi connectivity index (χ2n) is 12.9. The maximum absolute atomic E-state index is 13.0. The number of hydrogen-bond acceptors (Lipinski definition) is 4. The van der Waals surface area contributed by atoms with Crippen LogP contribution in [0.1, 0.15) is 66.9 Å². The fourth-order valence-electron chi connectivity index (χ4n) is 5.42. The van der Waals surface area contributed by atoms with E-state index < -0.39 is 14.4 Å². The molecule has 0 bridgehead atoms. The van der Waals surface area contributed by atoms with Gasteiger partial charge in [-0.05, 0) is 72.8 Å². The van der Waals surface area contributed by atoms with Gasteiger partial charge in [-0.15, -0.1) is 0 Å². The van der Waals surface area contributed by atoms with Crippen LogP contribution < -0.4 is 0 Å². The number of carbonyl (C=O) groups is 2. The second kappa shape index (κ2) is 13.2. The Bertz CT molecular complexity index is 1330. The summed E-state index contributed by atoms with van der Waals surface area (Å²) >= 11 is 0. The molecular weight excluding hydrogens is 542 g/mol. The Morgan fingerprint density at radius 3 is 2.29 bits per heavy atom. The molecule has 0 aliphatic carbocycles. The van der Waals surface area contributed by atoms with E-state index in [1.807, 2.05) is 72.8 Å². The number of aromatic nitrogens is 1. The molecule has 2 amide bonds. The average molecular weight is 588 g/mol. The van der Waals surface area contributed by atoms with Crippen molar-refractivity contribution in [2.75, 3.05) is 13.6 Å². The normalized spacial score (nSPS) is 18.1. The van der Waals surface area contributed by atoms with E-state index in [0.717, 1.165) is 29.7 Å². The van der Waals surface area contributed by atoms with Crippen LogP contribution in [0.2, 0.25) is 18.1 Å². The molecule has 0 unspecified atom stereocenters. The van der Waals surface area contributed by atoms with Crippen molar-refractivity contribution in [1.82, 2.24) is 14.8 Å². The van der Waals surface area contributed by atoms with Crippen molar-refractivity contribution in [2.24, 2.45) is 0 Å². The Labute approximate surface area is 251 Å². The molecule has 1 aliphatic heterocycles. The van der Waals surface area contributed by atoms with Gasteiger partial charge in [0.05, 0.1) is 12.1 Å². The molecule has 3 aromatic rings. The molecule has 4 rings (SSSR count). The summed E-state index contributed by atoms with van der Waals surface area (Å²) < 4.78 is 6.95. The van der Waals surface area contributed by atoms with Crippen LogP contribution in [0.3, 0.4) is 0 Å². The van der Waals surface area contributed by atoms with Gasteiger partial charge in [0.25, 0.3) is 5.91 Å². The molecule has 0 saturated carbocycles. The van der Waals surface area contributed by atoms with Crippen LogP contribution in [0.15, 0.2) is 79.0 Å². The lowest BCUT2D eigenvalue weighted by molar-refractivity contribution is 0.0598. The molecule has 0 radical (unpaired) electrons. The van der Waals surface area contributed by atoms with Crippen LogP contribution in [-0.2, 0) is 17.3 Å². The van der Waals surface area contributed by atoms with E-state index in [0.29, 0.717) is 24.9 Å². The highest BCUT2D eigenvalue weighted by atomic mass is 28.4. The largest absolute Gasteiger partial charge is 0.465 e. The minimum atomic E-state index is -2.19. The summed E-state index contributed by atoms with van der Waals surface area (Å²) in [6.45, 7) is 11.6. The van der Waals surface area contributed by atoms with E-state index in [9.17, 15) is 14.7 Å². The first-order valence-corrected chi connectivity index (χ1v) is 17.8. The molecule has 1 N–H and O–H groups in total. The summed E-state index contributed by atoms with van der Waals surface area (Å²) in [5, 5.41) is 10.4. The van der Waals surface area contributed by atoms with Gasteiger partial charge in [-0.1, -0.05) is 69.3 Å². The van der Waals surface area contributed by atoms with Crippen molar-refractivity contribution >= 4 is 20.3 Å². The summed E-state index contributed by atoms with van der Waals surface area (Å²) in [5.74, 6) is -0.0425. The molecule has 224 valence electrons. The Morgan fingerprint density at radius 1 is 1.02 bits per heavy atom. The van der Waals surface area contributed by atoms with Gasteiger partial charge in [-0.3, -0.25) is 14.7 Å². The van der Waals surface area contributed by atoms with Crippen molar-refractivity contribution in [1.29, 1.82) is 0 Å². The van der Waals surface area contributed by atoms with Crippen molar-refractivity contribution in [3.05, 3.63) is 101 Å². The minimum Gasteiger partial charge on any atom is -0.465 e. The fourth-order valence-corrected chi connectivity index (χ4v) is 6.70. The number of benzene rings is 2. The number of amides is 2. The summed E-state index contributed by atoms with van der Waals surface area (Å²) in [6.07, 6.45) is 3.31. The topological polar surface area (TPSA) is 83.0 Å². The maximum atomic E-state index is 13.0. The first-order valence-electron chi connectivity index (χ1n) is 14.9. The van der Waals surface area contributed by atoms with E-state index in [1.165, 1.54) is 0 Å². The van der Waals surface area contributed by atoms with E-state index in [2.05, 4.69) is 38.8 Å². The molecule has 1 aliphatic rings. The van der Waals surface area contributed by atoms with Gasteiger partial charge in [0.2, 0.25) is 0 Å². The smallest absolute Gasteiger partial charge is 0.407 e. The standard InChI is InChI=1S/C34H45N3O4Si/c1-34(2,3)42(5,6)41-31(26-12-8-7-9-13-26)30-20-19-29(37(30)33(39)40)24-25-15-17-27(18-16-25)32(38)36(4)23-21-28-14-10-11-22-35-28/h7-18,22,29-31H,19-21,23-24H2,1-6H3,(H,39,40)/t29-,30+,31+/m0/s1. The molecule has 1 saturated heterocycles. The number of carboxylic acid groups (broad SMARTS) is 1. The zero-order valence-corrected chi connectivity index (χ0v) is 26.8. The second-order valence-corrected chi connectivity index (χ2v) is 17.7. The van der Waals surface area contributed by atoms with E-state index in [1.54, 1.807) is 23.0 Å². The van der Waals surface area contributed by atoms with Crippen LogP contribution in [-0.4, -0.2) is 65.9 Å². The summed E-state index contributed by atoms with van der Waals surface area (Å²) in [5.41, 5.74) is 3.61. The number of nitrogens with zero attached hydrogens (tertiary/aromatic N) is 3. The summed E-state index contributed by atoms with van der Waals surface area (Å²) in [7, 11) is -0.387. The lowest BCUT2D eigenvalue weighted by Gasteiger charge is -2.42. The molecule has 3 atom stereocenters. The van der Waals surface area contributed by atoms with Gasteiger partial charge >= 0.3 is 6.09 Å². The molecule has 2 heterocycles. The highest BCUT2D eigenvalue weighted by Gasteiger charge is 2.46. The molecule has 8 heteroatoms. The Balaban J connectivity index is 1.47. The highest BCUT2D eigenvalue weighted by molar-refractivity contribution is 6.74. The van der Waals surface area contributed by atoms with Gasteiger partial charge in [0.1, 0.15) is 0 Å². The van der Waals surface area contributed by atoms with Crippen molar-refractivity contribution in [3.8, 4) is 0 Å². The minimum absolute atomic E-state index is 0.00221. The lowest BCUT2D eigenvalue weighted by atomic mass is 10.0. The summed E-state index contributed by atoms with van der Waals surface area (Å²) in [6, 6.07) is 23.0. The number of likely N-dealkylation sites (N-methyl/N-ethyl adjacent to an activating group) is 1.